The van der Waals surface area contributed by atoms with Gasteiger partial charge in [-0.2, -0.15) is 10.5 Å². The molecule has 0 atom stereocenters. The zero-order valence-corrected chi connectivity index (χ0v) is 13.7. The fourth-order valence-corrected chi connectivity index (χ4v) is 2.75. The zero-order valence-electron chi connectivity index (χ0n) is 13.7. The molecular formula is C19H20N2O3. The molecule has 0 aromatic heterocycles. The molecule has 0 saturated heterocycles. The maximum atomic E-state index is 12.3. The van der Waals surface area contributed by atoms with Crippen LogP contribution < -0.4 is 9.47 Å². The summed E-state index contributed by atoms with van der Waals surface area (Å²) in [5, 5.41) is 17.7. The lowest BCUT2D eigenvalue weighted by molar-refractivity contribution is -0.140. The summed E-state index contributed by atoms with van der Waals surface area (Å²) in [5.74, 6) is 0.552. The molecule has 5 nitrogen and oxygen atoms in total. The first kappa shape index (κ1) is 17.6. The van der Waals surface area contributed by atoms with Crippen molar-refractivity contribution in [2.45, 2.75) is 39.0 Å². The number of esters is 1. The lowest BCUT2D eigenvalue weighted by Crippen LogP contribution is -2.23. The Morgan fingerprint density at radius 2 is 1.92 bits per heavy atom. The molecule has 0 unspecified atom stereocenters. The largest absolute Gasteiger partial charge is 0.490 e. The van der Waals surface area contributed by atoms with E-state index in [2.05, 4.69) is 0 Å². The second-order valence-electron chi connectivity index (χ2n) is 5.68. The van der Waals surface area contributed by atoms with Crippen LogP contribution in [0.4, 0.5) is 0 Å². The minimum absolute atomic E-state index is 0.00407. The quantitative estimate of drug-likeness (QED) is 0.464. The van der Waals surface area contributed by atoms with E-state index >= 15 is 0 Å². The Morgan fingerprint density at radius 3 is 2.54 bits per heavy atom. The predicted octanol–water partition coefficient (Wildman–Crippen LogP) is 4.00. The van der Waals surface area contributed by atoms with Crippen LogP contribution in [0.25, 0.3) is 6.08 Å². The van der Waals surface area contributed by atoms with Crippen molar-refractivity contribution in [2.24, 2.45) is 5.92 Å². The number of carbonyl (C=O) groups excluding carboxylic acids is 1. The Hall–Kier alpha value is -2.79. The Bertz CT molecular complexity index is 688. The number of hydrogen-bond acceptors (Lipinski definition) is 5. The first-order chi connectivity index (χ1) is 11.7. The minimum Gasteiger partial charge on any atom is -0.490 e. The third-order valence-electron chi connectivity index (χ3n) is 3.97. The monoisotopic (exact) mass is 324 g/mol. The molecule has 2 rings (SSSR count). The third kappa shape index (κ3) is 4.60. The molecule has 1 fully saturated rings. The molecule has 124 valence electrons. The van der Waals surface area contributed by atoms with E-state index in [0.717, 1.165) is 25.7 Å². The van der Waals surface area contributed by atoms with Crippen molar-refractivity contribution in [1.29, 1.82) is 10.5 Å². The van der Waals surface area contributed by atoms with Gasteiger partial charge in [-0.15, -0.1) is 0 Å². The Balaban J connectivity index is 2.20. The fourth-order valence-electron chi connectivity index (χ4n) is 2.75. The van der Waals surface area contributed by atoms with Gasteiger partial charge >= 0.3 is 5.97 Å². The van der Waals surface area contributed by atoms with Crippen molar-refractivity contribution in [1.82, 2.24) is 0 Å². The second kappa shape index (κ2) is 8.74. The molecule has 5 heteroatoms. The maximum Gasteiger partial charge on any atom is 0.314 e. The van der Waals surface area contributed by atoms with Gasteiger partial charge in [0.25, 0.3) is 0 Å². The van der Waals surface area contributed by atoms with Crippen LogP contribution in [0.2, 0.25) is 0 Å². The molecule has 0 N–H and O–H groups in total. The van der Waals surface area contributed by atoms with E-state index in [-0.39, 0.29) is 17.5 Å². The highest BCUT2D eigenvalue weighted by Gasteiger charge is 2.24. The molecule has 0 heterocycles. The molecule has 1 aromatic rings. The van der Waals surface area contributed by atoms with Crippen molar-refractivity contribution in [3.63, 3.8) is 0 Å². The van der Waals surface area contributed by atoms with Gasteiger partial charge in [-0.05, 0) is 43.5 Å². The summed E-state index contributed by atoms with van der Waals surface area (Å²) in [6.07, 6.45) is 6.51. The minimum atomic E-state index is -0.214. The average Bonchev–Trinajstić information content (AvgIpc) is 2.62. The van der Waals surface area contributed by atoms with Gasteiger partial charge in [0.1, 0.15) is 17.7 Å². The van der Waals surface area contributed by atoms with Crippen LogP contribution in [-0.2, 0) is 4.79 Å². The van der Waals surface area contributed by atoms with Gasteiger partial charge in [0.2, 0.25) is 0 Å². The highest BCUT2D eigenvalue weighted by atomic mass is 16.6. The van der Waals surface area contributed by atoms with Crippen molar-refractivity contribution in [3.8, 4) is 23.6 Å². The van der Waals surface area contributed by atoms with Crippen molar-refractivity contribution in [3.05, 3.63) is 29.3 Å². The molecule has 1 aliphatic carbocycles. The summed E-state index contributed by atoms with van der Waals surface area (Å²) in [6.45, 7) is 2.26. The third-order valence-corrected chi connectivity index (χ3v) is 3.97. The molecule has 1 aliphatic rings. The van der Waals surface area contributed by atoms with Gasteiger partial charge in [-0.3, -0.25) is 4.79 Å². The Labute approximate surface area is 142 Å². The second-order valence-corrected chi connectivity index (χ2v) is 5.68. The van der Waals surface area contributed by atoms with Crippen molar-refractivity contribution >= 4 is 12.0 Å². The van der Waals surface area contributed by atoms with Crippen LogP contribution in [0.3, 0.4) is 0 Å². The predicted molar refractivity (Wildman–Crippen MR) is 89.0 cm³/mol. The summed E-state index contributed by atoms with van der Waals surface area (Å²) in [7, 11) is 0. The molecule has 0 bridgehead atoms. The van der Waals surface area contributed by atoms with Crippen molar-refractivity contribution < 1.29 is 14.3 Å². The van der Waals surface area contributed by atoms with Crippen LogP contribution in [0.5, 0.6) is 11.5 Å². The van der Waals surface area contributed by atoms with E-state index in [4.69, 9.17) is 20.0 Å². The zero-order chi connectivity index (χ0) is 17.4. The molecule has 0 amide bonds. The van der Waals surface area contributed by atoms with Crippen molar-refractivity contribution in [2.75, 3.05) is 6.61 Å². The summed E-state index contributed by atoms with van der Waals surface area (Å²) >= 11 is 0. The maximum absolute atomic E-state index is 12.3. The van der Waals surface area contributed by atoms with Gasteiger partial charge in [0.15, 0.2) is 11.5 Å². The summed E-state index contributed by atoms with van der Waals surface area (Å²) in [6, 6.07) is 8.64. The van der Waals surface area contributed by atoms with Crippen LogP contribution in [-0.4, -0.2) is 12.6 Å². The van der Waals surface area contributed by atoms with E-state index in [1.165, 1.54) is 12.5 Å². The van der Waals surface area contributed by atoms with Gasteiger partial charge in [-0.1, -0.05) is 25.3 Å². The molecule has 1 aromatic carbocycles. The lowest BCUT2D eigenvalue weighted by atomic mass is 9.89. The number of carbonyl (C=O) groups is 1. The molecule has 0 aliphatic heterocycles. The lowest BCUT2D eigenvalue weighted by Gasteiger charge is -2.20. The fraction of sp³-hybridized carbons (Fsp3) is 0.421. The van der Waals surface area contributed by atoms with Crippen LogP contribution in [0.15, 0.2) is 23.8 Å². The van der Waals surface area contributed by atoms with E-state index in [0.29, 0.717) is 23.7 Å². The summed E-state index contributed by atoms with van der Waals surface area (Å²) < 4.78 is 11.1. The summed E-state index contributed by atoms with van der Waals surface area (Å²) in [4.78, 5) is 12.3. The highest BCUT2D eigenvalue weighted by Crippen LogP contribution is 2.32. The molecule has 0 spiro atoms. The first-order valence-electron chi connectivity index (χ1n) is 8.18. The van der Waals surface area contributed by atoms with E-state index < -0.39 is 0 Å². The van der Waals surface area contributed by atoms with Gasteiger partial charge in [0.05, 0.1) is 12.5 Å². The van der Waals surface area contributed by atoms with E-state index in [1.807, 2.05) is 19.1 Å². The number of ether oxygens (including phenoxy) is 2. The van der Waals surface area contributed by atoms with E-state index in [1.54, 1.807) is 18.2 Å². The normalized spacial score (nSPS) is 14.1. The standard InChI is InChI=1S/C19H20N2O3/c1-2-23-18-11-14(10-15(12-20)13-21)8-9-17(18)24-19(22)16-6-4-3-5-7-16/h8-11,16H,2-7H2,1H3. The molecule has 1 saturated carbocycles. The SMILES string of the molecule is CCOc1cc(C=C(C#N)C#N)ccc1OC(=O)C1CCCCC1. The van der Waals surface area contributed by atoms with E-state index in [9.17, 15) is 4.79 Å². The summed E-state index contributed by atoms with van der Waals surface area (Å²) in [5.41, 5.74) is 0.651. The number of allylic oxidation sites excluding steroid dienone is 1. The van der Waals surface area contributed by atoms with Crippen LogP contribution in [0.1, 0.15) is 44.6 Å². The molecule has 0 radical (unpaired) electrons. The average molecular weight is 324 g/mol. The number of nitriles is 2. The van der Waals surface area contributed by atoms with Crippen LogP contribution >= 0.6 is 0 Å². The Morgan fingerprint density at radius 1 is 1.21 bits per heavy atom. The topological polar surface area (TPSA) is 83.1 Å². The number of hydrogen-bond donors (Lipinski definition) is 0. The Kier molecular flexibility index (Phi) is 6.40. The number of nitrogens with zero attached hydrogens (tertiary/aromatic N) is 2. The highest BCUT2D eigenvalue weighted by molar-refractivity contribution is 5.76. The van der Waals surface area contributed by atoms with Gasteiger partial charge < -0.3 is 9.47 Å². The number of benzene rings is 1. The number of rotatable bonds is 5. The first-order valence-corrected chi connectivity index (χ1v) is 8.18. The molecule has 24 heavy (non-hydrogen) atoms. The smallest absolute Gasteiger partial charge is 0.314 e. The van der Waals surface area contributed by atoms with Gasteiger partial charge in [0, 0.05) is 0 Å². The molecular weight excluding hydrogens is 304 g/mol. The van der Waals surface area contributed by atoms with Crippen LogP contribution in [0, 0.1) is 28.6 Å². The van der Waals surface area contributed by atoms with Gasteiger partial charge in [-0.25, -0.2) is 0 Å².